The van der Waals surface area contributed by atoms with Crippen molar-refractivity contribution in [1.29, 1.82) is 0 Å². The monoisotopic (exact) mass is 468 g/mol. The quantitative estimate of drug-likeness (QED) is 0.581. The Labute approximate surface area is 187 Å². The first-order valence-corrected chi connectivity index (χ1v) is 11.9. The highest BCUT2D eigenvalue weighted by molar-refractivity contribution is 7.92. The third-order valence-corrected chi connectivity index (χ3v) is 6.49. The van der Waals surface area contributed by atoms with E-state index in [0.29, 0.717) is 30.9 Å². The number of carbonyl (C=O) groups excluding carboxylic acids is 1. The summed E-state index contributed by atoms with van der Waals surface area (Å²) in [6.45, 7) is 7.38. The Hall–Kier alpha value is -2.36. The second-order valence-electron chi connectivity index (χ2n) is 7.75. The van der Waals surface area contributed by atoms with Crippen molar-refractivity contribution in [2.24, 2.45) is 5.92 Å². The number of rotatable bonds is 7. The number of sulfonamides is 1. The molecule has 0 saturated carbocycles. The molecule has 31 heavy (non-hydrogen) atoms. The molecule has 1 amide bonds. The van der Waals surface area contributed by atoms with E-state index in [9.17, 15) is 17.6 Å². The van der Waals surface area contributed by atoms with Crippen LogP contribution in [0.2, 0.25) is 5.02 Å². The van der Waals surface area contributed by atoms with Crippen molar-refractivity contribution in [3.63, 3.8) is 0 Å². The van der Waals surface area contributed by atoms with Crippen molar-refractivity contribution >= 4 is 38.9 Å². The SMILES string of the molecule is CC(C)CNC(=O)c1ccc(N2CCNCC2)c(NS(=O)(=O)c2ccc(F)c(Cl)c2)c1. The van der Waals surface area contributed by atoms with Gasteiger partial charge in [-0.2, -0.15) is 0 Å². The first kappa shape index (κ1) is 23.3. The Morgan fingerprint density at radius 3 is 2.55 bits per heavy atom. The standard InChI is InChI=1S/C21H26ClFN4O3S/c1-14(2)13-25-21(28)15-3-6-20(27-9-7-24-8-10-27)19(11-15)26-31(29,30)16-4-5-18(23)17(22)12-16/h3-6,11-12,14,24,26H,7-10,13H2,1-2H3,(H,25,28). The molecule has 0 unspecified atom stereocenters. The smallest absolute Gasteiger partial charge is 0.262 e. The molecule has 7 nitrogen and oxygen atoms in total. The molecule has 2 aromatic rings. The number of benzene rings is 2. The Morgan fingerprint density at radius 1 is 1.19 bits per heavy atom. The number of amides is 1. The van der Waals surface area contributed by atoms with Crippen molar-refractivity contribution in [3.05, 3.63) is 52.8 Å². The highest BCUT2D eigenvalue weighted by Gasteiger charge is 2.22. The van der Waals surface area contributed by atoms with Gasteiger partial charge in [0.05, 0.1) is 21.3 Å². The molecule has 1 heterocycles. The molecular weight excluding hydrogens is 443 g/mol. The van der Waals surface area contributed by atoms with Crippen LogP contribution in [-0.2, 0) is 10.0 Å². The van der Waals surface area contributed by atoms with Crippen LogP contribution in [0.15, 0.2) is 41.3 Å². The minimum Gasteiger partial charge on any atom is -0.367 e. The van der Waals surface area contributed by atoms with E-state index in [-0.39, 0.29) is 27.4 Å². The van der Waals surface area contributed by atoms with E-state index in [4.69, 9.17) is 11.6 Å². The van der Waals surface area contributed by atoms with E-state index in [1.165, 1.54) is 6.07 Å². The van der Waals surface area contributed by atoms with Gasteiger partial charge in [0.25, 0.3) is 15.9 Å². The fourth-order valence-electron chi connectivity index (χ4n) is 3.19. The number of nitrogens with zero attached hydrogens (tertiary/aromatic N) is 1. The Balaban J connectivity index is 1.96. The number of piperazine rings is 1. The molecule has 168 valence electrons. The zero-order chi connectivity index (χ0) is 22.6. The summed E-state index contributed by atoms with van der Waals surface area (Å²) in [5, 5.41) is 5.80. The van der Waals surface area contributed by atoms with Crippen molar-refractivity contribution in [1.82, 2.24) is 10.6 Å². The van der Waals surface area contributed by atoms with Crippen LogP contribution in [0.5, 0.6) is 0 Å². The van der Waals surface area contributed by atoms with Gasteiger partial charge in [-0.3, -0.25) is 9.52 Å². The highest BCUT2D eigenvalue weighted by atomic mass is 35.5. The van der Waals surface area contributed by atoms with Gasteiger partial charge >= 0.3 is 0 Å². The van der Waals surface area contributed by atoms with Crippen molar-refractivity contribution in [2.45, 2.75) is 18.7 Å². The van der Waals surface area contributed by atoms with Gasteiger partial charge in [0.2, 0.25) is 0 Å². The maximum Gasteiger partial charge on any atom is 0.262 e. The maximum atomic E-state index is 13.5. The van der Waals surface area contributed by atoms with E-state index in [2.05, 4.69) is 15.4 Å². The maximum absolute atomic E-state index is 13.5. The van der Waals surface area contributed by atoms with Crippen LogP contribution in [-0.4, -0.2) is 47.0 Å². The number of nitrogens with one attached hydrogen (secondary N) is 3. The summed E-state index contributed by atoms with van der Waals surface area (Å²) >= 11 is 5.77. The van der Waals surface area contributed by atoms with Crippen molar-refractivity contribution in [2.75, 3.05) is 42.3 Å². The number of anilines is 2. The second kappa shape index (κ2) is 9.84. The molecule has 0 aliphatic carbocycles. The van der Waals surface area contributed by atoms with E-state index >= 15 is 0 Å². The molecule has 0 radical (unpaired) electrons. The van der Waals surface area contributed by atoms with Gasteiger partial charge in [-0.05, 0) is 42.3 Å². The van der Waals surface area contributed by atoms with Gasteiger partial charge in [0.1, 0.15) is 5.82 Å². The summed E-state index contributed by atoms with van der Waals surface area (Å²) < 4.78 is 42.0. The molecule has 10 heteroatoms. The zero-order valence-corrected chi connectivity index (χ0v) is 19.0. The number of halogens is 2. The first-order valence-electron chi connectivity index (χ1n) is 10.0. The summed E-state index contributed by atoms with van der Waals surface area (Å²) in [5.41, 5.74) is 1.28. The second-order valence-corrected chi connectivity index (χ2v) is 9.84. The predicted octanol–water partition coefficient (Wildman–Crippen LogP) is 3.08. The molecule has 1 aliphatic heterocycles. The molecule has 1 aliphatic rings. The lowest BCUT2D eigenvalue weighted by molar-refractivity contribution is 0.0949. The van der Waals surface area contributed by atoms with E-state index in [0.717, 1.165) is 31.3 Å². The summed E-state index contributed by atoms with van der Waals surface area (Å²) in [4.78, 5) is 14.4. The van der Waals surface area contributed by atoms with Crippen LogP contribution in [0.1, 0.15) is 24.2 Å². The zero-order valence-electron chi connectivity index (χ0n) is 17.4. The van der Waals surface area contributed by atoms with Crippen LogP contribution in [0, 0.1) is 11.7 Å². The fourth-order valence-corrected chi connectivity index (χ4v) is 4.52. The van der Waals surface area contributed by atoms with Gasteiger partial charge in [0.15, 0.2) is 0 Å². The minimum atomic E-state index is -4.06. The van der Waals surface area contributed by atoms with Crippen LogP contribution in [0.3, 0.4) is 0 Å². The molecule has 2 aromatic carbocycles. The van der Waals surface area contributed by atoms with E-state index < -0.39 is 15.8 Å². The molecule has 0 aromatic heterocycles. The average molecular weight is 469 g/mol. The molecule has 0 bridgehead atoms. The fraction of sp³-hybridized carbons (Fsp3) is 0.381. The van der Waals surface area contributed by atoms with Gasteiger partial charge in [-0.15, -0.1) is 0 Å². The molecule has 3 rings (SSSR count). The molecule has 1 saturated heterocycles. The summed E-state index contributed by atoms with van der Waals surface area (Å²) in [6, 6.07) is 8.15. The highest BCUT2D eigenvalue weighted by Crippen LogP contribution is 2.30. The molecule has 3 N–H and O–H groups in total. The third kappa shape index (κ3) is 5.87. The largest absolute Gasteiger partial charge is 0.367 e. The minimum absolute atomic E-state index is 0.167. The number of carbonyl (C=O) groups is 1. The van der Waals surface area contributed by atoms with Crippen LogP contribution in [0.4, 0.5) is 15.8 Å². The van der Waals surface area contributed by atoms with Crippen LogP contribution >= 0.6 is 11.6 Å². The average Bonchev–Trinajstić information content (AvgIpc) is 2.74. The normalized spacial score (nSPS) is 14.5. The van der Waals surface area contributed by atoms with Gasteiger partial charge < -0.3 is 15.5 Å². The lowest BCUT2D eigenvalue weighted by atomic mass is 10.1. The van der Waals surface area contributed by atoms with Crippen molar-refractivity contribution < 1.29 is 17.6 Å². The molecular formula is C21H26ClFN4O3S. The Morgan fingerprint density at radius 2 is 1.90 bits per heavy atom. The lowest BCUT2D eigenvalue weighted by Crippen LogP contribution is -2.43. The number of hydrogen-bond acceptors (Lipinski definition) is 5. The van der Waals surface area contributed by atoms with E-state index in [1.54, 1.807) is 12.1 Å². The van der Waals surface area contributed by atoms with Gasteiger partial charge in [-0.25, -0.2) is 12.8 Å². The van der Waals surface area contributed by atoms with Crippen LogP contribution in [0.25, 0.3) is 0 Å². The molecule has 0 spiro atoms. The van der Waals surface area contributed by atoms with Crippen LogP contribution < -0.4 is 20.3 Å². The van der Waals surface area contributed by atoms with Crippen molar-refractivity contribution in [3.8, 4) is 0 Å². The lowest BCUT2D eigenvalue weighted by Gasteiger charge is -2.31. The summed E-state index contributed by atoms with van der Waals surface area (Å²) in [6.07, 6.45) is 0. The van der Waals surface area contributed by atoms with E-state index in [1.807, 2.05) is 18.7 Å². The first-order chi connectivity index (χ1) is 14.7. The summed E-state index contributed by atoms with van der Waals surface area (Å²) in [7, 11) is -4.06. The van der Waals surface area contributed by atoms with Gasteiger partial charge in [0, 0.05) is 38.3 Å². The Kier molecular flexibility index (Phi) is 7.40. The third-order valence-electron chi connectivity index (χ3n) is 4.83. The molecule has 1 fully saturated rings. The topological polar surface area (TPSA) is 90.5 Å². The van der Waals surface area contributed by atoms with Gasteiger partial charge in [-0.1, -0.05) is 25.4 Å². The Bertz CT molecular complexity index is 1060. The summed E-state index contributed by atoms with van der Waals surface area (Å²) in [5.74, 6) is -0.706. The predicted molar refractivity (Wildman–Crippen MR) is 121 cm³/mol. The molecule has 0 atom stereocenters. The number of hydrogen-bond donors (Lipinski definition) is 3.